The van der Waals surface area contributed by atoms with Crippen LogP contribution in [0.5, 0.6) is 0 Å². The highest BCUT2D eigenvalue weighted by Crippen LogP contribution is 2.40. The summed E-state index contributed by atoms with van der Waals surface area (Å²) in [5.41, 5.74) is 0.870. The lowest BCUT2D eigenvalue weighted by Crippen LogP contribution is -2.70. The summed E-state index contributed by atoms with van der Waals surface area (Å²) in [6.45, 7) is 8.67. The Kier molecular flexibility index (Phi) is 3.92. The van der Waals surface area contributed by atoms with E-state index in [2.05, 4.69) is 24.1 Å². The van der Waals surface area contributed by atoms with Crippen LogP contribution in [0.4, 0.5) is 0 Å². The van der Waals surface area contributed by atoms with Gasteiger partial charge >= 0.3 is 0 Å². The van der Waals surface area contributed by atoms with Crippen molar-refractivity contribution in [1.29, 1.82) is 0 Å². The summed E-state index contributed by atoms with van der Waals surface area (Å²) in [5.74, 6) is 1.01. The molecule has 1 atom stereocenters. The van der Waals surface area contributed by atoms with Gasteiger partial charge in [0.15, 0.2) is 0 Å². The summed E-state index contributed by atoms with van der Waals surface area (Å²) < 4.78 is 0. The Hall–Kier alpha value is -0.0800. The third-order valence-electron chi connectivity index (χ3n) is 6.32. The molecule has 19 heavy (non-hydrogen) atoms. The number of rotatable bonds is 3. The van der Waals surface area contributed by atoms with Gasteiger partial charge in [0.05, 0.1) is 0 Å². The van der Waals surface area contributed by atoms with Crippen LogP contribution >= 0.6 is 0 Å². The molecule has 0 amide bonds. The van der Waals surface area contributed by atoms with Crippen molar-refractivity contribution in [3.05, 3.63) is 0 Å². The van der Waals surface area contributed by atoms with E-state index in [-0.39, 0.29) is 0 Å². The molecule has 2 heteroatoms. The predicted octanol–water partition coefficient (Wildman–Crippen LogP) is 3.56. The summed E-state index contributed by atoms with van der Waals surface area (Å²) in [6, 6.07) is 0. The third kappa shape index (κ3) is 2.71. The molecule has 3 aliphatic rings. The van der Waals surface area contributed by atoms with E-state index in [4.69, 9.17) is 0 Å². The van der Waals surface area contributed by atoms with Crippen LogP contribution in [-0.2, 0) is 0 Å². The van der Waals surface area contributed by atoms with Gasteiger partial charge in [0.25, 0.3) is 0 Å². The Balaban J connectivity index is 1.73. The fourth-order valence-electron chi connectivity index (χ4n) is 4.32. The number of hydrogen-bond acceptors (Lipinski definition) is 2. The van der Waals surface area contributed by atoms with E-state index >= 15 is 0 Å². The van der Waals surface area contributed by atoms with Crippen molar-refractivity contribution in [2.45, 2.75) is 82.7 Å². The second-order valence-corrected chi connectivity index (χ2v) is 7.73. The topological polar surface area (TPSA) is 15.3 Å². The Morgan fingerprint density at radius 1 is 1.11 bits per heavy atom. The maximum atomic E-state index is 3.90. The normalized spacial score (nSPS) is 36.3. The van der Waals surface area contributed by atoms with Gasteiger partial charge in [0, 0.05) is 30.7 Å². The fourth-order valence-corrected chi connectivity index (χ4v) is 4.32. The number of nitrogens with zero attached hydrogens (tertiary/aromatic N) is 1. The van der Waals surface area contributed by atoms with Crippen molar-refractivity contribution in [3.8, 4) is 0 Å². The van der Waals surface area contributed by atoms with Crippen molar-refractivity contribution in [2.24, 2.45) is 5.92 Å². The van der Waals surface area contributed by atoms with Crippen molar-refractivity contribution in [1.82, 2.24) is 10.2 Å². The summed E-state index contributed by atoms with van der Waals surface area (Å²) in [7, 11) is 0. The zero-order chi connectivity index (χ0) is 13.3. The molecule has 1 unspecified atom stereocenters. The maximum Gasteiger partial charge on any atom is 0.0335 e. The standard InChI is InChI=1S/C17H32N2/c1-3-16(2)14-19(12-15-8-7-9-15)17(13-18-16)10-5-4-6-11-17/h15,18H,3-14H2,1-2H3. The minimum Gasteiger partial charge on any atom is -0.308 e. The van der Waals surface area contributed by atoms with Crippen LogP contribution in [0.15, 0.2) is 0 Å². The molecule has 1 heterocycles. The first kappa shape index (κ1) is 13.9. The minimum absolute atomic E-state index is 0.354. The van der Waals surface area contributed by atoms with E-state index in [0.29, 0.717) is 11.1 Å². The first-order valence-electron chi connectivity index (χ1n) is 8.66. The molecule has 110 valence electrons. The van der Waals surface area contributed by atoms with E-state index < -0.39 is 0 Å². The highest BCUT2D eigenvalue weighted by atomic mass is 15.3. The highest BCUT2D eigenvalue weighted by Gasteiger charge is 2.46. The van der Waals surface area contributed by atoms with E-state index in [1.807, 2.05) is 0 Å². The molecule has 1 spiro atoms. The van der Waals surface area contributed by atoms with Crippen LogP contribution in [0.1, 0.15) is 71.6 Å². The van der Waals surface area contributed by atoms with Crippen LogP contribution in [0.2, 0.25) is 0 Å². The molecule has 0 aromatic carbocycles. The molecule has 3 rings (SSSR count). The van der Waals surface area contributed by atoms with Crippen LogP contribution in [0.25, 0.3) is 0 Å². The number of hydrogen-bond donors (Lipinski definition) is 1. The van der Waals surface area contributed by atoms with Gasteiger partial charge in [0.2, 0.25) is 0 Å². The van der Waals surface area contributed by atoms with Gasteiger partial charge in [0.1, 0.15) is 0 Å². The number of piperazine rings is 1. The zero-order valence-electron chi connectivity index (χ0n) is 13.0. The second-order valence-electron chi connectivity index (χ2n) is 7.73. The molecule has 2 nitrogen and oxygen atoms in total. The molecular weight excluding hydrogens is 232 g/mol. The molecule has 3 fully saturated rings. The Morgan fingerprint density at radius 2 is 1.84 bits per heavy atom. The Morgan fingerprint density at radius 3 is 2.42 bits per heavy atom. The molecule has 0 aromatic heterocycles. The van der Waals surface area contributed by atoms with Crippen LogP contribution in [-0.4, -0.2) is 35.6 Å². The van der Waals surface area contributed by atoms with Crippen molar-refractivity contribution in [3.63, 3.8) is 0 Å². The first-order valence-corrected chi connectivity index (χ1v) is 8.66. The van der Waals surface area contributed by atoms with Crippen LogP contribution in [0.3, 0.4) is 0 Å². The molecule has 2 aliphatic carbocycles. The zero-order valence-corrected chi connectivity index (χ0v) is 13.0. The Labute approximate surface area is 119 Å². The smallest absolute Gasteiger partial charge is 0.0335 e. The first-order chi connectivity index (χ1) is 9.16. The van der Waals surface area contributed by atoms with E-state index in [0.717, 1.165) is 5.92 Å². The van der Waals surface area contributed by atoms with Gasteiger partial charge in [-0.15, -0.1) is 0 Å². The van der Waals surface area contributed by atoms with E-state index in [1.165, 1.54) is 77.4 Å². The van der Waals surface area contributed by atoms with Crippen molar-refractivity contribution < 1.29 is 0 Å². The highest BCUT2D eigenvalue weighted by molar-refractivity contribution is 5.05. The van der Waals surface area contributed by atoms with Gasteiger partial charge in [-0.25, -0.2) is 0 Å². The molecule has 1 N–H and O–H groups in total. The average molecular weight is 264 g/mol. The van der Waals surface area contributed by atoms with Gasteiger partial charge in [-0.3, -0.25) is 4.90 Å². The van der Waals surface area contributed by atoms with Gasteiger partial charge in [-0.05, 0) is 44.9 Å². The lowest BCUT2D eigenvalue weighted by Gasteiger charge is -2.56. The molecule has 1 aliphatic heterocycles. The summed E-state index contributed by atoms with van der Waals surface area (Å²) >= 11 is 0. The van der Waals surface area contributed by atoms with Gasteiger partial charge in [-0.1, -0.05) is 32.6 Å². The summed E-state index contributed by atoms with van der Waals surface area (Å²) in [5, 5.41) is 3.90. The Bertz CT molecular complexity index is 304. The predicted molar refractivity (Wildman–Crippen MR) is 81.4 cm³/mol. The summed E-state index contributed by atoms with van der Waals surface area (Å²) in [4.78, 5) is 2.93. The van der Waals surface area contributed by atoms with Crippen LogP contribution < -0.4 is 5.32 Å². The largest absolute Gasteiger partial charge is 0.308 e. The second kappa shape index (κ2) is 5.37. The molecular formula is C17H32N2. The fraction of sp³-hybridized carbons (Fsp3) is 1.00. The minimum atomic E-state index is 0.354. The van der Waals surface area contributed by atoms with Crippen molar-refractivity contribution >= 4 is 0 Å². The van der Waals surface area contributed by atoms with Gasteiger partial charge in [-0.2, -0.15) is 0 Å². The molecule has 0 bridgehead atoms. The molecule has 0 radical (unpaired) electrons. The third-order valence-corrected chi connectivity index (χ3v) is 6.32. The number of nitrogens with one attached hydrogen (secondary N) is 1. The van der Waals surface area contributed by atoms with E-state index in [9.17, 15) is 0 Å². The van der Waals surface area contributed by atoms with Crippen LogP contribution in [0, 0.1) is 5.92 Å². The SMILES string of the molecule is CCC1(C)CN(CC2CCC2)C2(CCCCC2)CN1. The monoisotopic (exact) mass is 264 g/mol. The quantitative estimate of drug-likeness (QED) is 0.838. The molecule has 2 saturated carbocycles. The average Bonchev–Trinajstić information content (AvgIpc) is 2.39. The summed E-state index contributed by atoms with van der Waals surface area (Å²) in [6.07, 6.45) is 12.9. The molecule has 0 aromatic rings. The maximum absolute atomic E-state index is 3.90. The van der Waals surface area contributed by atoms with Crippen molar-refractivity contribution in [2.75, 3.05) is 19.6 Å². The lowest BCUT2D eigenvalue weighted by atomic mass is 9.74. The molecule has 1 saturated heterocycles. The van der Waals surface area contributed by atoms with E-state index in [1.54, 1.807) is 0 Å². The lowest BCUT2D eigenvalue weighted by molar-refractivity contribution is -0.0322. The van der Waals surface area contributed by atoms with Gasteiger partial charge < -0.3 is 5.32 Å².